The van der Waals surface area contributed by atoms with Crippen molar-refractivity contribution < 1.29 is 4.79 Å². The molecule has 0 bridgehead atoms. The van der Waals surface area contributed by atoms with Crippen LogP contribution in [0, 0.1) is 0 Å². The molecule has 0 saturated heterocycles. The van der Waals surface area contributed by atoms with Gasteiger partial charge in [0.2, 0.25) is 0 Å². The third kappa shape index (κ3) is 3.61. The highest BCUT2D eigenvalue weighted by Gasteiger charge is 2.32. The lowest BCUT2D eigenvalue weighted by molar-refractivity contribution is -0.122. The number of hydrogen-bond acceptors (Lipinski definition) is 6. The van der Waals surface area contributed by atoms with Gasteiger partial charge in [-0.25, -0.2) is 14.8 Å². The molecule has 10 heteroatoms. The van der Waals surface area contributed by atoms with E-state index in [2.05, 4.69) is 25.3 Å². The third-order valence-electron chi connectivity index (χ3n) is 4.60. The zero-order valence-corrected chi connectivity index (χ0v) is 16.5. The molecule has 1 aromatic carbocycles. The molecule has 0 fully saturated rings. The van der Waals surface area contributed by atoms with Gasteiger partial charge in [-0.05, 0) is 19.4 Å². The summed E-state index contributed by atoms with van der Waals surface area (Å²) < 4.78 is 1.47. The van der Waals surface area contributed by atoms with Crippen molar-refractivity contribution in [2.75, 3.05) is 5.32 Å². The van der Waals surface area contributed by atoms with Crippen LogP contribution in [0.25, 0.3) is 11.2 Å². The van der Waals surface area contributed by atoms with E-state index in [0.29, 0.717) is 11.6 Å². The summed E-state index contributed by atoms with van der Waals surface area (Å²) in [4.78, 5) is 49.6. The Hall–Kier alpha value is -3.53. The molecule has 9 nitrogen and oxygen atoms in total. The Bertz CT molecular complexity index is 1300. The smallest absolute Gasteiger partial charge is 0.302 e. The highest BCUT2D eigenvalue weighted by atomic mass is 32.1. The number of fused-ring (bicyclic) bond motifs is 1. The zero-order valence-electron chi connectivity index (χ0n) is 15.7. The minimum absolute atomic E-state index is 0.0601. The summed E-state index contributed by atoms with van der Waals surface area (Å²) in [5.41, 5.74) is -0.160. The van der Waals surface area contributed by atoms with E-state index in [1.807, 2.05) is 35.7 Å². The van der Waals surface area contributed by atoms with Crippen LogP contribution in [0.1, 0.15) is 25.1 Å². The van der Waals surface area contributed by atoms with Crippen LogP contribution in [0.15, 0.2) is 51.6 Å². The lowest BCUT2D eigenvalue weighted by atomic mass is 10.0. The van der Waals surface area contributed by atoms with Crippen LogP contribution in [-0.4, -0.2) is 30.4 Å². The molecule has 0 aliphatic heterocycles. The maximum absolute atomic E-state index is 12.9. The topological polar surface area (TPSA) is 126 Å². The summed E-state index contributed by atoms with van der Waals surface area (Å²) in [6.07, 6.45) is 2.03. The predicted molar refractivity (Wildman–Crippen MR) is 110 cm³/mol. The number of amides is 1. The molecular weight excluding hydrogens is 392 g/mol. The monoisotopic (exact) mass is 410 g/mol. The van der Waals surface area contributed by atoms with E-state index in [1.54, 1.807) is 13.8 Å². The molecule has 0 unspecified atom stereocenters. The minimum Gasteiger partial charge on any atom is -0.302 e. The van der Waals surface area contributed by atoms with Gasteiger partial charge in [-0.1, -0.05) is 30.3 Å². The fourth-order valence-corrected chi connectivity index (χ4v) is 3.67. The van der Waals surface area contributed by atoms with E-state index < -0.39 is 16.8 Å². The molecule has 0 radical (unpaired) electrons. The molecule has 0 spiro atoms. The highest BCUT2D eigenvalue weighted by Crippen LogP contribution is 2.24. The first-order chi connectivity index (χ1) is 13.8. The second-order valence-electron chi connectivity index (χ2n) is 7.04. The van der Waals surface area contributed by atoms with Gasteiger partial charge in [0.05, 0.1) is 12.0 Å². The number of benzene rings is 1. The molecular formula is C19H18N6O3S. The number of H-pyrrole nitrogens is 2. The Morgan fingerprint density at radius 3 is 2.72 bits per heavy atom. The number of hydrogen-bond donors (Lipinski definition) is 3. The van der Waals surface area contributed by atoms with Crippen molar-refractivity contribution in [3.8, 4) is 0 Å². The normalized spacial score (nSPS) is 11.7. The lowest BCUT2D eigenvalue weighted by Crippen LogP contribution is -2.40. The molecule has 148 valence electrons. The minimum atomic E-state index is -1.13. The van der Waals surface area contributed by atoms with Crippen molar-refractivity contribution in [3.63, 3.8) is 0 Å². The first-order valence-corrected chi connectivity index (χ1v) is 9.72. The fourth-order valence-electron chi connectivity index (χ4n) is 2.97. The highest BCUT2D eigenvalue weighted by molar-refractivity contribution is 7.13. The first-order valence-electron chi connectivity index (χ1n) is 8.84. The van der Waals surface area contributed by atoms with Gasteiger partial charge >= 0.3 is 5.69 Å². The molecule has 1 amide bonds. The van der Waals surface area contributed by atoms with Crippen molar-refractivity contribution in [1.82, 2.24) is 24.5 Å². The van der Waals surface area contributed by atoms with Gasteiger partial charge in [-0.2, -0.15) is 0 Å². The summed E-state index contributed by atoms with van der Waals surface area (Å²) in [5, 5.41) is 5.19. The number of thiazole rings is 1. The number of carbonyl (C=O) groups is 1. The zero-order chi connectivity index (χ0) is 20.6. The summed E-state index contributed by atoms with van der Waals surface area (Å²) >= 11 is 1.34. The second kappa shape index (κ2) is 7.13. The van der Waals surface area contributed by atoms with E-state index in [4.69, 9.17) is 0 Å². The van der Waals surface area contributed by atoms with Gasteiger partial charge in [-0.3, -0.25) is 24.9 Å². The maximum atomic E-state index is 12.9. The van der Waals surface area contributed by atoms with Gasteiger partial charge < -0.3 is 4.57 Å². The average molecular weight is 410 g/mol. The van der Waals surface area contributed by atoms with E-state index in [9.17, 15) is 14.4 Å². The third-order valence-corrected chi connectivity index (χ3v) is 5.41. The Morgan fingerprint density at radius 2 is 1.97 bits per heavy atom. The summed E-state index contributed by atoms with van der Waals surface area (Å²) in [6, 6.07) is 9.94. The van der Waals surface area contributed by atoms with Crippen molar-refractivity contribution in [1.29, 1.82) is 0 Å². The Morgan fingerprint density at radius 1 is 1.21 bits per heavy atom. The summed E-state index contributed by atoms with van der Waals surface area (Å²) in [6.45, 7) is 3.34. The fraction of sp³-hybridized carbons (Fsp3) is 0.211. The SMILES string of the molecule is CC(C)(C(=O)Nc1nc(Cc2ccccc2)cs1)n1cnc2c(=O)[nH]c(=O)[nH]c21. The number of imidazole rings is 1. The van der Waals surface area contributed by atoms with Gasteiger partial charge in [0.15, 0.2) is 10.6 Å². The van der Waals surface area contributed by atoms with Crippen molar-refractivity contribution in [3.05, 3.63) is 74.1 Å². The number of nitrogens with one attached hydrogen (secondary N) is 3. The Labute approximate surface area is 168 Å². The molecule has 3 N–H and O–H groups in total. The molecule has 0 atom stereocenters. The van der Waals surface area contributed by atoms with Crippen LogP contribution >= 0.6 is 11.3 Å². The van der Waals surface area contributed by atoms with Gasteiger partial charge in [0.25, 0.3) is 11.5 Å². The van der Waals surface area contributed by atoms with Crippen LogP contribution < -0.4 is 16.6 Å². The lowest BCUT2D eigenvalue weighted by Gasteiger charge is -2.25. The quantitative estimate of drug-likeness (QED) is 0.463. The molecule has 4 aromatic rings. The van der Waals surface area contributed by atoms with E-state index in [0.717, 1.165) is 11.3 Å². The molecule has 4 rings (SSSR count). The standard InChI is InChI=1S/C19H18N6O3S/c1-19(2,25-10-20-13-14(25)22-17(28)23-15(13)26)16(27)24-18-21-12(9-29-18)8-11-6-4-3-5-7-11/h3-7,9-10H,8H2,1-2H3,(H,21,24,27)(H2,22,23,26,28). The second-order valence-corrected chi connectivity index (χ2v) is 7.90. The molecule has 3 heterocycles. The number of carbonyl (C=O) groups excluding carboxylic acids is 1. The van der Waals surface area contributed by atoms with E-state index in [1.165, 1.54) is 22.2 Å². The van der Waals surface area contributed by atoms with Crippen LogP contribution in [0.2, 0.25) is 0 Å². The molecule has 0 aliphatic carbocycles. The molecule has 29 heavy (non-hydrogen) atoms. The number of nitrogens with zero attached hydrogens (tertiary/aromatic N) is 3. The Balaban J connectivity index is 1.57. The van der Waals surface area contributed by atoms with Crippen LogP contribution in [0.5, 0.6) is 0 Å². The number of rotatable bonds is 5. The molecule has 0 saturated carbocycles. The molecule has 0 aliphatic rings. The number of anilines is 1. The predicted octanol–water partition coefficient (Wildman–Crippen LogP) is 1.83. The number of aromatic nitrogens is 5. The van der Waals surface area contributed by atoms with Crippen LogP contribution in [0.4, 0.5) is 5.13 Å². The van der Waals surface area contributed by atoms with Crippen molar-refractivity contribution in [2.45, 2.75) is 25.8 Å². The first kappa shape index (κ1) is 18.8. The number of aromatic amines is 2. The van der Waals surface area contributed by atoms with Gasteiger partial charge in [0.1, 0.15) is 11.2 Å². The average Bonchev–Trinajstić information content (AvgIpc) is 3.29. The largest absolute Gasteiger partial charge is 0.327 e. The van der Waals surface area contributed by atoms with Crippen LogP contribution in [-0.2, 0) is 16.8 Å². The van der Waals surface area contributed by atoms with Crippen molar-refractivity contribution in [2.24, 2.45) is 0 Å². The molecule has 3 aromatic heterocycles. The van der Waals surface area contributed by atoms with E-state index >= 15 is 0 Å². The van der Waals surface area contributed by atoms with Gasteiger partial charge in [0, 0.05) is 11.8 Å². The van der Waals surface area contributed by atoms with E-state index in [-0.39, 0.29) is 17.1 Å². The van der Waals surface area contributed by atoms with Crippen molar-refractivity contribution >= 4 is 33.5 Å². The van der Waals surface area contributed by atoms with Crippen LogP contribution in [0.3, 0.4) is 0 Å². The Kier molecular flexibility index (Phi) is 4.63. The summed E-state index contributed by atoms with van der Waals surface area (Å²) in [5.74, 6) is -0.349. The van der Waals surface area contributed by atoms with Gasteiger partial charge in [-0.15, -0.1) is 11.3 Å². The summed E-state index contributed by atoms with van der Waals surface area (Å²) in [7, 11) is 0. The maximum Gasteiger partial charge on any atom is 0.327 e.